The lowest BCUT2D eigenvalue weighted by Gasteiger charge is -2.35. The van der Waals surface area contributed by atoms with Crippen LogP contribution in [0, 0.1) is 5.92 Å². The van der Waals surface area contributed by atoms with Crippen LogP contribution in [0.3, 0.4) is 0 Å². The quantitative estimate of drug-likeness (QED) is 0.767. The fourth-order valence-electron chi connectivity index (χ4n) is 4.00. The molecule has 0 bridgehead atoms. The zero-order chi connectivity index (χ0) is 21.0. The summed E-state index contributed by atoms with van der Waals surface area (Å²) in [6.07, 6.45) is -0.318. The smallest absolute Gasteiger partial charge is 0.401 e. The van der Waals surface area contributed by atoms with Gasteiger partial charge in [-0.25, -0.2) is 4.98 Å². The molecule has 29 heavy (non-hydrogen) atoms. The zero-order valence-corrected chi connectivity index (χ0v) is 16.0. The molecule has 0 spiro atoms. The topological polar surface area (TPSA) is 88.8 Å². The number of nitrogens with two attached hydrogens (primary N) is 1. The monoisotopic (exact) mass is 414 g/mol. The third-order valence-corrected chi connectivity index (χ3v) is 5.44. The number of halogens is 3. The van der Waals surface area contributed by atoms with E-state index in [0.717, 1.165) is 12.8 Å². The number of hydrogen-bond donors (Lipinski definition) is 1. The molecule has 2 amide bonds. The van der Waals surface area contributed by atoms with Crippen molar-refractivity contribution in [2.75, 3.05) is 32.8 Å². The van der Waals surface area contributed by atoms with Crippen LogP contribution in [0.2, 0.25) is 0 Å². The molecule has 3 rings (SSSR count). The molecular formula is C19H25F3N4O3. The number of primary amides is 1. The Morgan fingerprint density at radius 2 is 1.93 bits per heavy atom. The minimum absolute atomic E-state index is 0.0240. The highest BCUT2D eigenvalue weighted by atomic mass is 19.4. The fourth-order valence-corrected chi connectivity index (χ4v) is 4.00. The Kier molecular flexibility index (Phi) is 6.61. The highest BCUT2D eigenvalue weighted by Gasteiger charge is 2.37. The lowest BCUT2D eigenvalue weighted by atomic mass is 9.95. The predicted molar refractivity (Wildman–Crippen MR) is 98.2 cm³/mol. The Hall–Kier alpha value is -2.36. The first kappa shape index (κ1) is 21.4. The van der Waals surface area contributed by atoms with Crippen LogP contribution in [-0.2, 0) is 4.79 Å². The Balaban J connectivity index is 1.54. The van der Waals surface area contributed by atoms with Gasteiger partial charge in [0.05, 0.1) is 12.6 Å². The molecule has 3 heterocycles. The first-order valence-corrected chi connectivity index (χ1v) is 9.72. The number of amides is 2. The van der Waals surface area contributed by atoms with Crippen molar-refractivity contribution in [1.82, 2.24) is 14.8 Å². The van der Waals surface area contributed by atoms with Crippen molar-refractivity contribution < 1.29 is 27.5 Å². The highest BCUT2D eigenvalue weighted by Crippen LogP contribution is 2.27. The van der Waals surface area contributed by atoms with Crippen molar-refractivity contribution in [2.45, 2.75) is 37.9 Å². The molecule has 2 aliphatic rings. The van der Waals surface area contributed by atoms with E-state index in [-0.39, 0.29) is 49.0 Å². The van der Waals surface area contributed by atoms with Crippen molar-refractivity contribution in [3.05, 3.63) is 24.0 Å². The summed E-state index contributed by atoms with van der Waals surface area (Å²) >= 11 is 0. The average Bonchev–Trinajstić information content (AvgIpc) is 3.14. The van der Waals surface area contributed by atoms with Gasteiger partial charge in [0.1, 0.15) is 6.61 Å². The van der Waals surface area contributed by atoms with Crippen LogP contribution in [0.5, 0.6) is 5.75 Å². The van der Waals surface area contributed by atoms with Gasteiger partial charge in [-0.05, 0) is 50.9 Å². The summed E-state index contributed by atoms with van der Waals surface area (Å²) in [6.45, 7) is 0.419. The van der Waals surface area contributed by atoms with Crippen molar-refractivity contribution in [2.24, 2.45) is 11.7 Å². The highest BCUT2D eigenvalue weighted by molar-refractivity contribution is 5.93. The van der Waals surface area contributed by atoms with Crippen molar-refractivity contribution in [3.8, 4) is 5.75 Å². The summed E-state index contributed by atoms with van der Waals surface area (Å²) in [7, 11) is 0. The van der Waals surface area contributed by atoms with E-state index in [1.807, 2.05) is 0 Å². The molecule has 1 aromatic heterocycles. The maximum atomic E-state index is 12.9. The van der Waals surface area contributed by atoms with Crippen LogP contribution in [0.1, 0.15) is 36.2 Å². The number of alkyl halides is 3. The number of ether oxygens (including phenoxy) is 1. The van der Waals surface area contributed by atoms with Crippen LogP contribution in [0.4, 0.5) is 13.2 Å². The summed E-state index contributed by atoms with van der Waals surface area (Å²) in [5, 5.41) is 0. The number of nitrogens with zero attached hydrogens (tertiary/aromatic N) is 3. The molecule has 1 atom stereocenters. The third kappa shape index (κ3) is 5.59. The molecule has 0 saturated carbocycles. The van der Waals surface area contributed by atoms with Gasteiger partial charge in [-0.2, -0.15) is 13.2 Å². The summed E-state index contributed by atoms with van der Waals surface area (Å²) in [5.41, 5.74) is 5.34. The normalized spacial score (nSPS) is 21.3. The Bertz CT molecular complexity index is 736. The zero-order valence-electron chi connectivity index (χ0n) is 16.0. The molecule has 160 valence electrons. The van der Waals surface area contributed by atoms with E-state index >= 15 is 0 Å². The van der Waals surface area contributed by atoms with E-state index in [1.165, 1.54) is 11.1 Å². The van der Waals surface area contributed by atoms with Crippen LogP contribution in [0.15, 0.2) is 18.3 Å². The second kappa shape index (κ2) is 8.98. The van der Waals surface area contributed by atoms with Gasteiger partial charge in [-0.15, -0.1) is 0 Å². The maximum Gasteiger partial charge on any atom is 0.401 e. The van der Waals surface area contributed by atoms with E-state index in [0.29, 0.717) is 19.4 Å². The molecule has 2 fully saturated rings. The van der Waals surface area contributed by atoms with E-state index in [1.54, 1.807) is 17.0 Å². The number of hydrogen-bond acceptors (Lipinski definition) is 5. The van der Waals surface area contributed by atoms with E-state index in [9.17, 15) is 22.8 Å². The summed E-state index contributed by atoms with van der Waals surface area (Å²) in [4.78, 5) is 31.4. The Morgan fingerprint density at radius 1 is 1.21 bits per heavy atom. The lowest BCUT2D eigenvalue weighted by Crippen LogP contribution is -2.47. The summed E-state index contributed by atoms with van der Waals surface area (Å²) in [5.74, 6) is -0.700. The standard InChI is InChI=1S/C19H25F3N4O3/c20-19(21,22)12-25-9-5-13(6-10-25)18(28)26-8-2-3-14(26)11-29-15-4-1-7-24-16(15)17(23)27/h1,4,7,13-14H,2-3,5-6,8-12H2,(H2,23,27)/t14-/m1/s1. The van der Waals surface area contributed by atoms with Crippen LogP contribution >= 0.6 is 0 Å². The second-order valence-electron chi connectivity index (χ2n) is 7.52. The molecule has 0 unspecified atom stereocenters. The van der Waals surface area contributed by atoms with Gasteiger partial charge in [0.15, 0.2) is 11.4 Å². The number of pyridine rings is 1. The van der Waals surface area contributed by atoms with Gasteiger partial charge >= 0.3 is 6.18 Å². The van der Waals surface area contributed by atoms with Gasteiger partial charge in [-0.3, -0.25) is 14.5 Å². The lowest BCUT2D eigenvalue weighted by molar-refractivity contribution is -0.151. The predicted octanol–water partition coefficient (Wildman–Crippen LogP) is 1.82. The van der Waals surface area contributed by atoms with Crippen LogP contribution < -0.4 is 10.5 Å². The largest absolute Gasteiger partial charge is 0.489 e. The molecule has 2 aliphatic heterocycles. The molecule has 0 aliphatic carbocycles. The molecule has 0 radical (unpaired) electrons. The summed E-state index contributed by atoms with van der Waals surface area (Å²) in [6, 6.07) is 3.09. The Morgan fingerprint density at radius 3 is 2.59 bits per heavy atom. The first-order valence-electron chi connectivity index (χ1n) is 9.72. The fraction of sp³-hybridized carbons (Fsp3) is 0.632. The van der Waals surface area contributed by atoms with Crippen LogP contribution in [-0.4, -0.2) is 71.6 Å². The molecule has 2 saturated heterocycles. The molecule has 2 N–H and O–H groups in total. The molecule has 0 aromatic carbocycles. The van der Waals surface area contributed by atoms with Gasteiger partial charge in [0, 0.05) is 18.7 Å². The van der Waals surface area contributed by atoms with Crippen LogP contribution in [0.25, 0.3) is 0 Å². The number of piperidine rings is 1. The van der Waals surface area contributed by atoms with Crippen molar-refractivity contribution in [3.63, 3.8) is 0 Å². The minimum atomic E-state index is -4.22. The maximum absolute atomic E-state index is 12.9. The van der Waals surface area contributed by atoms with Gasteiger partial charge in [0.25, 0.3) is 5.91 Å². The number of aromatic nitrogens is 1. The van der Waals surface area contributed by atoms with Gasteiger partial charge in [0.2, 0.25) is 5.91 Å². The third-order valence-electron chi connectivity index (χ3n) is 5.44. The first-order chi connectivity index (χ1) is 13.7. The van der Waals surface area contributed by atoms with Crippen molar-refractivity contribution in [1.29, 1.82) is 0 Å². The second-order valence-corrected chi connectivity index (χ2v) is 7.52. The molecular weight excluding hydrogens is 389 g/mol. The number of carbonyl (C=O) groups excluding carboxylic acids is 2. The average molecular weight is 414 g/mol. The Labute approximate surface area is 167 Å². The van der Waals surface area contributed by atoms with Gasteiger partial charge < -0.3 is 15.4 Å². The number of carbonyl (C=O) groups is 2. The van der Waals surface area contributed by atoms with E-state index in [2.05, 4.69) is 4.98 Å². The van der Waals surface area contributed by atoms with E-state index in [4.69, 9.17) is 10.5 Å². The SMILES string of the molecule is NC(=O)c1ncccc1OC[C@H]1CCCN1C(=O)C1CCN(CC(F)(F)F)CC1. The van der Waals surface area contributed by atoms with Crippen molar-refractivity contribution >= 4 is 11.8 Å². The van der Waals surface area contributed by atoms with Gasteiger partial charge in [-0.1, -0.05) is 0 Å². The number of likely N-dealkylation sites (tertiary alicyclic amines) is 2. The van der Waals surface area contributed by atoms with E-state index < -0.39 is 18.6 Å². The summed E-state index contributed by atoms with van der Waals surface area (Å²) < 4.78 is 43.3. The molecule has 1 aromatic rings. The molecule has 10 heteroatoms. The molecule has 7 nitrogen and oxygen atoms in total. The number of rotatable bonds is 6. The minimum Gasteiger partial charge on any atom is -0.489 e.